The molecule has 1 atom stereocenters. The maximum Gasteiger partial charge on any atom is 0.193 e. The number of aliphatic imine (C=N–C) groups is 1. The van der Waals surface area contributed by atoms with Crippen LogP contribution in [0, 0.1) is 20.8 Å². The van der Waals surface area contributed by atoms with Gasteiger partial charge in [0.25, 0.3) is 0 Å². The Morgan fingerprint density at radius 2 is 1.83 bits per heavy atom. The van der Waals surface area contributed by atoms with Gasteiger partial charge in [-0.05, 0) is 44.0 Å². The minimum absolute atomic E-state index is 0. The van der Waals surface area contributed by atoms with E-state index in [-0.39, 0.29) is 29.9 Å². The average molecular weight is 516 g/mol. The number of ether oxygens (including phenoxy) is 2. The van der Waals surface area contributed by atoms with Crippen molar-refractivity contribution in [3.63, 3.8) is 0 Å². The molecule has 0 aliphatic heterocycles. The van der Waals surface area contributed by atoms with Gasteiger partial charge in [0.2, 0.25) is 0 Å². The molecule has 1 aromatic carbocycles. The Morgan fingerprint density at radius 1 is 1.21 bits per heavy atom. The molecule has 0 fully saturated rings. The summed E-state index contributed by atoms with van der Waals surface area (Å²) in [5.74, 6) is 3.43. The van der Waals surface area contributed by atoms with Crippen LogP contribution in [0.5, 0.6) is 11.5 Å². The second-order valence-electron chi connectivity index (χ2n) is 7.06. The van der Waals surface area contributed by atoms with E-state index in [1.807, 2.05) is 33.0 Å². The Kier molecular flexibility index (Phi) is 9.75. The maximum atomic E-state index is 5.44. The van der Waals surface area contributed by atoms with Crippen LogP contribution in [0.4, 0.5) is 0 Å². The molecule has 162 valence electrons. The summed E-state index contributed by atoms with van der Waals surface area (Å²) >= 11 is 0. The Balaban J connectivity index is 0.00000420. The fourth-order valence-electron chi connectivity index (χ4n) is 3.45. The summed E-state index contributed by atoms with van der Waals surface area (Å²) in [5, 5.41) is 7.50. The zero-order chi connectivity index (χ0) is 20.8. The summed E-state index contributed by atoms with van der Waals surface area (Å²) in [7, 11) is 7.11. The molecule has 2 rings (SSSR count). The van der Waals surface area contributed by atoms with Crippen molar-refractivity contribution in [2.75, 3.05) is 34.9 Å². The van der Waals surface area contributed by atoms with E-state index in [1.165, 1.54) is 0 Å². The number of aryl methyl sites for hydroxylation is 3. The van der Waals surface area contributed by atoms with Crippen LogP contribution in [0.15, 0.2) is 21.6 Å². The van der Waals surface area contributed by atoms with Gasteiger partial charge in [-0.3, -0.25) is 4.99 Å². The zero-order valence-corrected chi connectivity index (χ0v) is 21.0. The lowest BCUT2D eigenvalue weighted by molar-refractivity contribution is 0.353. The highest BCUT2D eigenvalue weighted by molar-refractivity contribution is 14.0. The molecule has 0 saturated heterocycles. The number of nitrogens with zero attached hydrogens (tertiary/aromatic N) is 3. The molecule has 0 radical (unpaired) electrons. The summed E-state index contributed by atoms with van der Waals surface area (Å²) in [6.07, 6.45) is 0. The number of halogens is 1. The molecular weight excluding hydrogens is 483 g/mol. The van der Waals surface area contributed by atoms with Crippen molar-refractivity contribution in [1.82, 2.24) is 15.4 Å². The molecule has 29 heavy (non-hydrogen) atoms. The molecule has 0 bridgehead atoms. The van der Waals surface area contributed by atoms with Gasteiger partial charge < -0.3 is 24.2 Å². The van der Waals surface area contributed by atoms with E-state index in [2.05, 4.69) is 34.2 Å². The van der Waals surface area contributed by atoms with E-state index in [9.17, 15) is 0 Å². The highest BCUT2D eigenvalue weighted by Crippen LogP contribution is 2.30. The van der Waals surface area contributed by atoms with Gasteiger partial charge in [-0.1, -0.05) is 12.1 Å². The molecule has 0 aliphatic carbocycles. The molecule has 7 nitrogen and oxygen atoms in total. The summed E-state index contributed by atoms with van der Waals surface area (Å²) in [6.45, 7) is 9.60. The summed E-state index contributed by atoms with van der Waals surface area (Å²) in [5.41, 5.74) is 4.39. The van der Waals surface area contributed by atoms with Gasteiger partial charge in [0, 0.05) is 38.7 Å². The van der Waals surface area contributed by atoms with E-state index in [0.29, 0.717) is 6.54 Å². The molecule has 1 aromatic heterocycles. The number of benzene rings is 1. The van der Waals surface area contributed by atoms with Gasteiger partial charge in [0.15, 0.2) is 17.5 Å². The van der Waals surface area contributed by atoms with Crippen LogP contribution in [0.3, 0.4) is 0 Å². The Hall–Kier alpha value is -1.97. The standard InChI is InChI=1S/C21H32N4O3.HI/c1-13-9-18(26-7)19(27-8)10-17(13)12-25(6)21(22-5)23-11-14(2)20-15(3)24-28-16(20)4;/h9-10,14H,11-12H2,1-8H3,(H,22,23);1H. The molecule has 0 amide bonds. The Morgan fingerprint density at radius 3 is 2.34 bits per heavy atom. The summed E-state index contributed by atoms with van der Waals surface area (Å²) in [6, 6.07) is 4.02. The van der Waals surface area contributed by atoms with Crippen molar-refractivity contribution in [2.24, 2.45) is 4.99 Å². The fourth-order valence-corrected chi connectivity index (χ4v) is 3.45. The SMILES string of the molecule is CN=C(NCC(C)c1c(C)noc1C)N(C)Cc1cc(OC)c(OC)cc1C.I. The van der Waals surface area contributed by atoms with Crippen LogP contribution < -0.4 is 14.8 Å². The van der Waals surface area contributed by atoms with Gasteiger partial charge in [0.05, 0.1) is 19.9 Å². The third-order valence-electron chi connectivity index (χ3n) is 4.97. The first-order valence-electron chi connectivity index (χ1n) is 9.38. The molecule has 1 unspecified atom stereocenters. The average Bonchev–Trinajstić information content (AvgIpc) is 3.01. The topological polar surface area (TPSA) is 72.1 Å². The quantitative estimate of drug-likeness (QED) is 0.340. The lowest BCUT2D eigenvalue weighted by Gasteiger charge is -2.25. The van der Waals surface area contributed by atoms with E-state index in [1.54, 1.807) is 21.3 Å². The highest BCUT2D eigenvalue weighted by atomic mass is 127. The van der Waals surface area contributed by atoms with Gasteiger partial charge >= 0.3 is 0 Å². The summed E-state index contributed by atoms with van der Waals surface area (Å²) in [4.78, 5) is 6.52. The second-order valence-corrected chi connectivity index (χ2v) is 7.06. The molecule has 2 aromatic rings. The minimum atomic E-state index is 0. The minimum Gasteiger partial charge on any atom is -0.493 e. The van der Waals surface area contributed by atoms with Crippen molar-refractivity contribution < 1.29 is 14.0 Å². The van der Waals surface area contributed by atoms with Crippen LogP contribution in [0.2, 0.25) is 0 Å². The molecule has 1 N–H and O–H groups in total. The first kappa shape index (κ1) is 25.1. The molecule has 1 heterocycles. The number of methoxy groups -OCH3 is 2. The Labute approximate surface area is 190 Å². The van der Waals surface area contributed by atoms with Crippen LogP contribution >= 0.6 is 24.0 Å². The third-order valence-corrected chi connectivity index (χ3v) is 4.97. The molecule has 8 heteroatoms. The predicted octanol–water partition coefficient (Wildman–Crippen LogP) is 4.05. The van der Waals surface area contributed by atoms with Gasteiger partial charge in [-0.2, -0.15) is 0 Å². The van der Waals surface area contributed by atoms with Gasteiger partial charge in [0.1, 0.15) is 5.76 Å². The molecular formula is C21H33IN4O3. The highest BCUT2D eigenvalue weighted by Gasteiger charge is 2.18. The molecule has 0 aliphatic rings. The van der Waals surface area contributed by atoms with E-state index < -0.39 is 0 Å². The largest absolute Gasteiger partial charge is 0.493 e. The number of aromatic nitrogens is 1. The monoisotopic (exact) mass is 516 g/mol. The normalized spacial score (nSPS) is 12.2. The fraction of sp³-hybridized carbons (Fsp3) is 0.524. The van der Waals surface area contributed by atoms with Gasteiger partial charge in [-0.25, -0.2) is 0 Å². The Bertz CT molecular complexity index is 816. The predicted molar refractivity (Wildman–Crippen MR) is 127 cm³/mol. The van der Waals surface area contributed by atoms with Crippen molar-refractivity contribution in [1.29, 1.82) is 0 Å². The molecule has 0 saturated carbocycles. The number of guanidine groups is 1. The van der Waals surface area contributed by atoms with Gasteiger partial charge in [-0.15, -0.1) is 24.0 Å². The first-order chi connectivity index (χ1) is 13.3. The number of nitrogens with one attached hydrogen (secondary N) is 1. The van der Waals surface area contributed by atoms with Crippen LogP contribution in [0.25, 0.3) is 0 Å². The van der Waals surface area contributed by atoms with Crippen molar-refractivity contribution in [3.05, 3.63) is 40.3 Å². The maximum absolute atomic E-state index is 5.44. The smallest absolute Gasteiger partial charge is 0.193 e. The van der Waals surface area contributed by atoms with E-state index in [0.717, 1.165) is 52.1 Å². The van der Waals surface area contributed by atoms with Crippen LogP contribution in [0.1, 0.15) is 41.0 Å². The molecule has 0 spiro atoms. The summed E-state index contributed by atoms with van der Waals surface area (Å²) < 4.78 is 16.1. The lowest BCUT2D eigenvalue weighted by Crippen LogP contribution is -2.40. The van der Waals surface area contributed by atoms with Crippen molar-refractivity contribution in [2.45, 2.75) is 40.2 Å². The van der Waals surface area contributed by atoms with Crippen LogP contribution in [-0.4, -0.2) is 50.9 Å². The lowest BCUT2D eigenvalue weighted by atomic mass is 10.00. The van der Waals surface area contributed by atoms with Crippen molar-refractivity contribution >= 4 is 29.9 Å². The van der Waals surface area contributed by atoms with E-state index in [4.69, 9.17) is 14.0 Å². The zero-order valence-electron chi connectivity index (χ0n) is 18.6. The third kappa shape index (κ3) is 6.01. The van der Waals surface area contributed by atoms with E-state index >= 15 is 0 Å². The number of hydrogen-bond acceptors (Lipinski definition) is 5. The van der Waals surface area contributed by atoms with Crippen LogP contribution in [-0.2, 0) is 6.54 Å². The van der Waals surface area contributed by atoms with Crippen molar-refractivity contribution in [3.8, 4) is 11.5 Å². The number of rotatable bonds is 7. The number of hydrogen-bond donors (Lipinski definition) is 1. The second kappa shape index (κ2) is 11.3. The first-order valence-corrected chi connectivity index (χ1v) is 9.38.